The Bertz CT molecular complexity index is 587. The summed E-state index contributed by atoms with van der Waals surface area (Å²) in [4.78, 5) is 11.2. The lowest BCUT2D eigenvalue weighted by molar-refractivity contribution is -0.0207. The Hall–Kier alpha value is -1.80. The molecule has 7 nitrogen and oxygen atoms in total. The van der Waals surface area contributed by atoms with Crippen molar-refractivity contribution >= 4 is 17.0 Å². The van der Waals surface area contributed by atoms with Crippen LogP contribution in [0.25, 0.3) is 11.2 Å². The number of aromatic nitrogens is 4. The van der Waals surface area contributed by atoms with Crippen molar-refractivity contribution in [2.45, 2.75) is 25.2 Å². The Morgan fingerprint density at radius 3 is 3.06 bits per heavy atom. The van der Waals surface area contributed by atoms with Gasteiger partial charge >= 0.3 is 6.08 Å². The van der Waals surface area contributed by atoms with Crippen LogP contribution in [0.1, 0.15) is 19.1 Å². The zero-order valence-corrected chi connectivity index (χ0v) is 9.45. The summed E-state index contributed by atoms with van der Waals surface area (Å²) in [5, 5.41) is 9.03. The fraction of sp³-hybridized carbons (Fsp3) is 0.500. The van der Waals surface area contributed by atoms with Crippen LogP contribution in [0, 0.1) is 6.08 Å². The SMILES string of the molecule is Nc1nc(F)nc2c1ncn2[C@H]1CC[C@@H](CO)O1. The van der Waals surface area contributed by atoms with Gasteiger partial charge in [-0.2, -0.15) is 14.4 Å². The summed E-state index contributed by atoms with van der Waals surface area (Å²) < 4.78 is 20.4. The molecule has 2 aromatic rings. The number of hydrogen-bond acceptors (Lipinski definition) is 6. The summed E-state index contributed by atoms with van der Waals surface area (Å²) in [6.45, 7) is -0.0331. The smallest absolute Gasteiger partial charge is 0.312 e. The number of rotatable bonds is 2. The normalized spacial score (nSPS) is 23.9. The molecule has 3 N–H and O–H groups in total. The number of anilines is 1. The zero-order chi connectivity index (χ0) is 12.7. The summed E-state index contributed by atoms with van der Waals surface area (Å²) in [5.41, 5.74) is 6.24. The molecule has 8 heteroatoms. The van der Waals surface area contributed by atoms with Crippen molar-refractivity contribution in [3.05, 3.63) is 12.4 Å². The largest absolute Gasteiger partial charge is 0.394 e. The first-order valence-electron chi connectivity index (χ1n) is 5.61. The minimum absolute atomic E-state index is 0.00737. The van der Waals surface area contributed by atoms with Gasteiger partial charge in [-0.25, -0.2) is 4.98 Å². The molecular formula is C10H12FN5O2. The number of aliphatic hydroxyl groups excluding tert-OH is 1. The topological polar surface area (TPSA) is 99.1 Å². The van der Waals surface area contributed by atoms with Crippen molar-refractivity contribution in [3.63, 3.8) is 0 Å². The van der Waals surface area contributed by atoms with Gasteiger partial charge in [0, 0.05) is 0 Å². The first-order chi connectivity index (χ1) is 8.69. The molecule has 0 radical (unpaired) electrons. The average Bonchev–Trinajstić information content (AvgIpc) is 2.93. The van der Waals surface area contributed by atoms with E-state index in [1.807, 2.05) is 0 Å². The van der Waals surface area contributed by atoms with Gasteiger partial charge in [0.05, 0.1) is 19.0 Å². The average molecular weight is 253 g/mol. The second-order valence-corrected chi connectivity index (χ2v) is 4.17. The minimum Gasteiger partial charge on any atom is -0.394 e. The number of imidazole rings is 1. The van der Waals surface area contributed by atoms with Gasteiger partial charge in [0.15, 0.2) is 17.0 Å². The molecule has 0 amide bonds. The molecule has 1 aliphatic rings. The molecule has 2 atom stereocenters. The van der Waals surface area contributed by atoms with Gasteiger partial charge in [-0.1, -0.05) is 0 Å². The van der Waals surface area contributed by atoms with E-state index in [0.717, 1.165) is 6.42 Å². The Kier molecular flexibility index (Phi) is 2.60. The highest BCUT2D eigenvalue weighted by Crippen LogP contribution is 2.30. The fourth-order valence-corrected chi connectivity index (χ4v) is 2.15. The summed E-state index contributed by atoms with van der Waals surface area (Å²) in [5.74, 6) is 0.00737. The lowest BCUT2D eigenvalue weighted by Crippen LogP contribution is -2.14. The molecule has 0 saturated carbocycles. The Balaban J connectivity index is 2.03. The highest BCUT2D eigenvalue weighted by atomic mass is 19.1. The van der Waals surface area contributed by atoms with E-state index in [1.54, 1.807) is 4.57 Å². The molecule has 0 unspecified atom stereocenters. The first-order valence-corrected chi connectivity index (χ1v) is 5.61. The van der Waals surface area contributed by atoms with E-state index in [9.17, 15) is 4.39 Å². The zero-order valence-electron chi connectivity index (χ0n) is 9.45. The van der Waals surface area contributed by atoms with E-state index in [-0.39, 0.29) is 24.8 Å². The summed E-state index contributed by atoms with van der Waals surface area (Å²) in [7, 11) is 0. The van der Waals surface area contributed by atoms with Gasteiger partial charge in [-0.05, 0) is 12.8 Å². The predicted octanol–water partition coefficient (Wildman–Crippen LogP) is 0.217. The van der Waals surface area contributed by atoms with Crippen LogP contribution in [0.2, 0.25) is 0 Å². The third-order valence-electron chi connectivity index (χ3n) is 3.02. The number of nitrogens with two attached hydrogens (primary N) is 1. The van der Waals surface area contributed by atoms with Crippen molar-refractivity contribution in [1.82, 2.24) is 19.5 Å². The number of fused-ring (bicyclic) bond motifs is 1. The van der Waals surface area contributed by atoms with Crippen LogP contribution in [0.4, 0.5) is 10.2 Å². The highest BCUT2D eigenvalue weighted by Gasteiger charge is 2.27. The first kappa shape index (κ1) is 11.3. The molecule has 18 heavy (non-hydrogen) atoms. The molecule has 0 aromatic carbocycles. The standard InChI is InChI=1S/C10H12FN5O2/c11-10-14-8(12)7-9(15-10)16(4-13-7)6-2-1-5(3-17)18-6/h4-6,17H,1-3H2,(H2,12,14,15)/t5-,6+/m0/s1. The molecule has 1 fully saturated rings. The van der Waals surface area contributed by atoms with Crippen LogP contribution in [0.15, 0.2) is 6.33 Å². The maximum absolute atomic E-state index is 13.2. The molecule has 0 aliphatic carbocycles. The third kappa shape index (κ3) is 1.70. The molecule has 3 heterocycles. The second kappa shape index (κ2) is 4.14. The monoisotopic (exact) mass is 253 g/mol. The molecule has 0 spiro atoms. The quantitative estimate of drug-likeness (QED) is 0.743. The van der Waals surface area contributed by atoms with Crippen LogP contribution in [0.5, 0.6) is 0 Å². The van der Waals surface area contributed by atoms with Gasteiger partial charge in [0.2, 0.25) is 0 Å². The molecule has 0 bridgehead atoms. The van der Waals surface area contributed by atoms with Crippen LogP contribution < -0.4 is 5.73 Å². The van der Waals surface area contributed by atoms with E-state index in [1.165, 1.54) is 6.33 Å². The lowest BCUT2D eigenvalue weighted by Gasteiger charge is -2.13. The Labute approximate surface area is 101 Å². The number of aliphatic hydroxyl groups is 1. The van der Waals surface area contributed by atoms with Gasteiger partial charge in [-0.15, -0.1) is 0 Å². The number of halogens is 1. The Morgan fingerprint density at radius 1 is 1.50 bits per heavy atom. The van der Waals surface area contributed by atoms with Gasteiger partial charge in [-0.3, -0.25) is 4.57 Å². The van der Waals surface area contributed by atoms with Gasteiger partial charge < -0.3 is 15.6 Å². The van der Waals surface area contributed by atoms with Crippen LogP contribution >= 0.6 is 0 Å². The molecule has 1 aliphatic heterocycles. The molecule has 96 valence electrons. The van der Waals surface area contributed by atoms with Gasteiger partial charge in [0.25, 0.3) is 0 Å². The maximum atomic E-state index is 13.2. The van der Waals surface area contributed by atoms with Crippen molar-refractivity contribution in [2.75, 3.05) is 12.3 Å². The summed E-state index contributed by atoms with van der Waals surface area (Å²) >= 11 is 0. The number of nitrogens with zero attached hydrogens (tertiary/aromatic N) is 4. The Morgan fingerprint density at radius 2 is 2.33 bits per heavy atom. The van der Waals surface area contributed by atoms with Crippen LogP contribution in [-0.4, -0.2) is 37.3 Å². The fourth-order valence-electron chi connectivity index (χ4n) is 2.15. The van der Waals surface area contributed by atoms with Gasteiger partial charge in [0.1, 0.15) is 6.23 Å². The summed E-state index contributed by atoms with van der Waals surface area (Å²) in [6, 6.07) is 0. The van der Waals surface area contributed by atoms with Crippen molar-refractivity contribution in [3.8, 4) is 0 Å². The predicted molar refractivity (Wildman–Crippen MR) is 59.9 cm³/mol. The third-order valence-corrected chi connectivity index (χ3v) is 3.02. The lowest BCUT2D eigenvalue weighted by atomic mass is 10.2. The van der Waals surface area contributed by atoms with Crippen LogP contribution in [-0.2, 0) is 4.74 Å². The molecule has 3 rings (SSSR count). The van der Waals surface area contributed by atoms with Crippen molar-refractivity contribution in [1.29, 1.82) is 0 Å². The maximum Gasteiger partial charge on any atom is 0.312 e. The molecular weight excluding hydrogens is 241 g/mol. The van der Waals surface area contributed by atoms with Crippen LogP contribution in [0.3, 0.4) is 0 Å². The number of nitrogen functional groups attached to an aromatic ring is 1. The van der Waals surface area contributed by atoms with E-state index in [4.69, 9.17) is 15.6 Å². The molecule has 1 saturated heterocycles. The van der Waals surface area contributed by atoms with E-state index < -0.39 is 6.08 Å². The van der Waals surface area contributed by atoms with E-state index in [2.05, 4.69) is 15.0 Å². The molecule has 2 aromatic heterocycles. The van der Waals surface area contributed by atoms with E-state index in [0.29, 0.717) is 17.6 Å². The summed E-state index contributed by atoms with van der Waals surface area (Å²) in [6.07, 6.45) is 1.56. The number of hydrogen-bond donors (Lipinski definition) is 2. The minimum atomic E-state index is -0.890. The number of ether oxygens (including phenoxy) is 1. The highest BCUT2D eigenvalue weighted by molar-refractivity contribution is 5.81. The van der Waals surface area contributed by atoms with Crippen molar-refractivity contribution in [2.24, 2.45) is 0 Å². The van der Waals surface area contributed by atoms with Crippen molar-refractivity contribution < 1.29 is 14.2 Å². The second-order valence-electron chi connectivity index (χ2n) is 4.17. The van der Waals surface area contributed by atoms with E-state index >= 15 is 0 Å².